The number of nitrogens with two attached hydrogens (primary N) is 1. The first kappa shape index (κ1) is 27.4. The molecule has 2 aromatic carbocycles. The van der Waals surface area contributed by atoms with Crippen LogP contribution in [0.5, 0.6) is 17.2 Å². The highest BCUT2D eigenvalue weighted by Gasteiger charge is 2.22. The number of pyridine rings is 1. The molecule has 2 aromatic heterocycles. The summed E-state index contributed by atoms with van der Waals surface area (Å²) in [5.41, 5.74) is 6.55. The zero-order valence-corrected chi connectivity index (χ0v) is 22.8. The van der Waals surface area contributed by atoms with Crippen LogP contribution in [-0.4, -0.2) is 39.9 Å². The van der Waals surface area contributed by atoms with Crippen molar-refractivity contribution in [3.63, 3.8) is 0 Å². The molecule has 12 heteroatoms. The van der Waals surface area contributed by atoms with Gasteiger partial charge >= 0.3 is 6.03 Å². The highest BCUT2D eigenvalue weighted by atomic mass is 19.1. The molecule has 0 spiro atoms. The van der Waals surface area contributed by atoms with Gasteiger partial charge in [-0.25, -0.2) is 18.9 Å². The Morgan fingerprint density at radius 2 is 1.95 bits per heavy atom. The minimum absolute atomic E-state index is 0.0563. The molecule has 212 valence electrons. The van der Waals surface area contributed by atoms with Crippen molar-refractivity contribution in [2.75, 3.05) is 29.1 Å². The first-order chi connectivity index (χ1) is 19.6. The minimum atomic E-state index is -0.699. The zero-order chi connectivity index (χ0) is 29.1. The van der Waals surface area contributed by atoms with Crippen molar-refractivity contribution in [2.45, 2.75) is 32.6 Å². The van der Waals surface area contributed by atoms with Crippen LogP contribution in [0.2, 0.25) is 0 Å². The van der Waals surface area contributed by atoms with Gasteiger partial charge in [-0.15, -0.1) is 0 Å². The minimum Gasteiger partial charge on any atom is -0.486 e. The van der Waals surface area contributed by atoms with E-state index in [0.29, 0.717) is 46.7 Å². The van der Waals surface area contributed by atoms with E-state index in [1.807, 2.05) is 20.8 Å². The molecular weight excluding hydrogens is 529 g/mol. The molecule has 0 atom stereocenters. The number of carbonyl (C=O) groups is 2. The quantitative estimate of drug-likeness (QED) is 0.246. The maximum absolute atomic E-state index is 15.0. The standard InChI is InChI=1S/C29H30FN7O4/c1-29(2,3)23-16-24(37(36-23)18-7-4-6-17(14-18)26(31)38)35-28(39)34-21-9-8-19(15-20(21)30)41-22-10-12-33-27-25(22)40-13-5-11-32-27/h4,6-10,12,14-16H,5,11,13H2,1-3H3,(H2,31,38)(H,32,33)(H2,34,35,39). The average molecular weight is 560 g/mol. The van der Waals surface area contributed by atoms with Crippen LogP contribution < -0.4 is 31.2 Å². The van der Waals surface area contributed by atoms with Crippen LogP contribution in [0.4, 0.5) is 26.5 Å². The van der Waals surface area contributed by atoms with Gasteiger partial charge in [0, 0.05) is 41.9 Å². The average Bonchev–Trinajstić information content (AvgIpc) is 3.20. The molecule has 0 unspecified atom stereocenters. The molecule has 5 rings (SSSR count). The highest BCUT2D eigenvalue weighted by molar-refractivity contribution is 5.99. The first-order valence-corrected chi connectivity index (χ1v) is 13.0. The molecule has 0 aliphatic carbocycles. The van der Waals surface area contributed by atoms with Crippen molar-refractivity contribution < 1.29 is 23.5 Å². The van der Waals surface area contributed by atoms with Gasteiger partial charge in [0.2, 0.25) is 11.7 Å². The van der Waals surface area contributed by atoms with Crippen LogP contribution in [0.3, 0.4) is 0 Å². The number of amides is 3. The number of hydrogen-bond acceptors (Lipinski definition) is 7. The summed E-state index contributed by atoms with van der Waals surface area (Å²) < 4.78 is 28.2. The molecular formula is C29H30FN7O4. The van der Waals surface area contributed by atoms with Crippen molar-refractivity contribution in [1.29, 1.82) is 0 Å². The summed E-state index contributed by atoms with van der Waals surface area (Å²) in [6, 6.07) is 13.3. The van der Waals surface area contributed by atoms with Crippen molar-refractivity contribution >= 4 is 29.3 Å². The number of aromatic nitrogens is 3. The molecule has 4 aromatic rings. The van der Waals surface area contributed by atoms with E-state index in [0.717, 1.165) is 13.0 Å². The smallest absolute Gasteiger partial charge is 0.324 e. The summed E-state index contributed by atoms with van der Waals surface area (Å²) in [5.74, 6) is 0.665. The Morgan fingerprint density at radius 1 is 1.12 bits per heavy atom. The molecule has 0 saturated heterocycles. The SMILES string of the molecule is CC(C)(C)c1cc(NC(=O)Nc2ccc(Oc3ccnc4c3OCCCN4)cc2F)n(-c2cccc(C(N)=O)c2)n1. The van der Waals surface area contributed by atoms with Crippen molar-refractivity contribution in [1.82, 2.24) is 14.8 Å². The van der Waals surface area contributed by atoms with Crippen LogP contribution in [0, 0.1) is 5.82 Å². The molecule has 11 nitrogen and oxygen atoms in total. The summed E-state index contributed by atoms with van der Waals surface area (Å²) >= 11 is 0. The molecule has 3 heterocycles. The van der Waals surface area contributed by atoms with E-state index in [-0.39, 0.29) is 16.9 Å². The Balaban J connectivity index is 1.34. The van der Waals surface area contributed by atoms with Gasteiger partial charge in [-0.05, 0) is 36.8 Å². The lowest BCUT2D eigenvalue weighted by Crippen LogP contribution is -2.22. The summed E-state index contributed by atoms with van der Waals surface area (Å²) in [5, 5.41) is 13.1. The van der Waals surface area contributed by atoms with Crippen LogP contribution in [0.1, 0.15) is 43.2 Å². The van der Waals surface area contributed by atoms with Gasteiger partial charge in [0.1, 0.15) is 17.4 Å². The van der Waals surface area contributed by atoms with Gasteiger partial charge in [-0.1, -0.05) is 26.8 Å². The summed E-state index contributed by atoms with van der Waals surface area (Å²) in [6.07, 6.45) is 2.39. The second kappa shape index (κ2) is 11.2. The fraction of sp³-hybridized carbons (Fsp3) is 0.241. The van der Waals surface area contributed by atoms with Crippen molar-refractivity contribution in [2.24, 2.45) is 5.73 Å². The maximum Gasteiger partial charge on any atom is 0.324 e. The summed E-state index contributed by atoms with van der Waals surface area (Å²) in [4.78, 5) is 28.9. The molecule has 41 heavy (non-hydrogen) atoms. The molecule has 5 N–H and O–H groups in total. The van der Waals surface area contributed by atoms with E-state index >= 15 is 4.39 Å². The number of benzene rings is 2. The molecule has 0 bridgehead atoms. The topological polar surface area (TPSA) is 145 Å². The van der Waals surface area contributed by atoms with E-state index in [4.69, 9.17) is 15.2 Å². The van der Waals surface area contributed by atoms with E-state index in [1.54, 1.807) is 42.6 Å². The van der Waals surface area contributed by atoms with Gasteiger partial charge in [-0.2, -0.15) is 5.10 Å². The molecule has 0 saturated carbocycles. The van der Waals surface area contributed by atoms with Crippen LogP contribution in [0.15, 0.2) is 60.8 Å². The van der Waals surface area contributed by atoms with Crippen LogP contribution >= 0.6 is 0 Å². The lowest BCUT2D eigenvalue weighted by Gasteiger charge is -2.14. The Bertz CT molecular complexity index is 1610. The monoisotopic (exact) mass is 559 g/mol. The van der Waals surface area contributed by atoms with E-state index in [1.165, 1.54) is 22.9 Å². The third kappa shape index (κ3) is 6.21. The maximum atomic E-state index is 15.0. The van der Waals surface area contributed by atoms with Crippen molar-refractivity contribution in [3.8, 4) is 22.9 Å². The largest absolute Gasteiger partial charge is 0.486 e. The number of fused-ring (bicyclic) bond motifs is 1. The number of urea groups is 1. The second-order valence-electron chi connectivity index (χ2n) is 10.4. The van der Waals surface area contributed by atoms with E-state index in [2.05, 4.69) is 26.0 Å². The Morgan fingerprint density at radius 3 is 2.71 bits per heavy atom. The third-order valence-electron chi connectivity index (χ3n) is 6.24. The van der Waals surface area contributed by atoms with Crippen LogP contribution in [-0.2, 0) is 5.41 Å². The number of nitrogens with one attached hydrogen (secondary N) is 3. The summed E-state index contributed by atoms with van der Waals surface area (Å²) in [7, 11) is 0. The molecule has 3 amide bonds. The predicted molar refractivity (Wildman–Crippen MR) is 153 cm³/mol. The van der Waals surface area contributed by atoms with Gasteiger partial charge in [0.15, 0.2) is 11.6 Å². The Labute approximate surface area is 235 Å². The second-order valence-corrected chi connectivity index (χ2v) is 10.4. The third-order valence-corrected chi connectivity index (χ3v) is 6.24. The Hall–Kier alpha value is -5.13. The number of anilines is 3. The zero-order valence-electron chi connectivity index (χ0n) is 22.8. The van der Waals surface area contributed by atoms with Crippen molar-refractivity contribution in [3.05, 3.63) is 77.9 Å². The normalized spacial score (nSPS) is 12.8. The number of halogens is 1. The van der Waals surface area contributed by atoms with E-state index < -0.39 is 17.8 Å². The highest BCUT2D eigenvalue weighted by Crippen LogP contribution is 2.38. The summed E-state index contributed by atoms with van der Waals surface area (Å²) in [6.45, 7) is 7.16. The number of hydrogen-bond donors (Lipinski definition) is 4. The van der Waals surface area contributed by atoms with Gasteiger partial charge < -0.3 is 25.8 Å². The fourth-order valence-corrected chi connectivity index (χ4v) is 4.11. The lowest BCUT2D eigenvalue weighted by molar-refractivity contribution is 0.1000. The van der Waals surface area contributed by atoms with Gasteiger partial charge in [0.05, 0.1) is 23.7 Å². The Kier molecular flexibility index (Phi) is 7.47. The van der Waals surface area contributed by atoms with Gasteiger partial charge in [-0.3, -0.25) is 10.1 Å². The number of carbonyl (C=O) groups excluding carboxylic acids is 2. The predicted octanol–water partition coefficient (Wildman–Crippen LogP) is 5.43. The van der Waals surface area contributed by atoms with Crippen LogP contribution in [0.25, 0.3) is 5.69 Å². The molecule has 1 aliphatic heterocycles. The lowest BCUT2D eigenvalue weighted by atomic mass is 9.92. The van der Waals surface area contributed by atoms with E-state index in [9.17, 15) is 9.59 Å². The fourth-order valence-electron chi connectivity index (χ4n) is 4.11. The number of rotatable bonds is 6. The number of primary amides is 1. The molecule has 0 fully saturated rings. The number of nitrogens with zero attached hydrogens (tertiary/aromatic N) is 3. The van der Waals surface area contributed by atoms with Gasteiger partial charge in [0.25, 0.3) is 0 Å². The number of ether oxygens (including phenoxy) is 2. The molecule has 1 aliphatic rings. The first-order valence-electron chi connectivity index (χ1n) is 13.0. The molecule has 0 radical (unpaired) electrons.